The van der Waals surface area contributed by atoms with Gasteiger partial charge in [-0.1, -0.05) is 48.2 Å². The topological polar surface area (TPSA) is 67.4 Å². The SMILES string of the molecule is Cc1ccccc1-n1c(SCc2ccccc2C#N)nnc1-c1cccnc1. The molecule has 4 aromatic rings. The Kier molecular flexibility index (Phi) is 5.18. The quantitative estimate of drug-likeness (QED) is 0.463. The molecule has 0 fully saturated rings. The summed E-state index contributed by atoms with van der Waals surface area (Å²) in [6.45, 7) is 2.07. The minimum absolute atomic E-state index is 0.640. The molecule has 0 radical (unpaired) electrons. The molecule has 0 N–H and O–H groups in total. The Morgan fingerprint density at radius 3 is 2.61 bits per heavy atom. The van der Waals surface area contributed by atoms with Gasteiger partial charge in [0.25, 0.3) is 0 Å². The lowest BCUT2D eigenvalue weighted by molar-refractivity contribution is 0.880. The number of nitriles is 1. The molecule has 0 saturated carbocycles. The number of thioether (sulfide) groups is 1. The number of nitrogens with zero attached hydrogens (tertiary/aromatic N) is 5. The average Bonchev–Trinajstić information content (AvgIpc) is 3.17. The summed E-state index contributed by atoms with van der Waals surface area (Å²) in [5.74, 6) is 1.39. The van der Waals surface area contributed by atoms with Crippen molar-refractivity contribution >= 4 is 11.8 Å². The largest absolute Gasteiger partial charge is 0.270 e. The number of aromatic nitrogens is 4. The number of hydrogen-bond donors (Lipinski definition) is 0. The fraction of sp³-hybridized carbons (Fsp3) is 0.0909. The van der Waals surface area contributed by atoms with Crippen molar-refractivity contribution in [2.24, 2.45) is 0 Å². The van der Waals surface area contributed by atoms with Gasteiger partial charge in [-0.05, 0) is 42.3 Å². The highest BCUT2D eigenvalue weighted by Crippen LogP contribution is 2.31. The van der Waals surface area contributed by atoms with E-state index in [0.29, 0.717) is 11.3 Å². The standard InChI is InChI=1S/C22H17N5S/c1-16-7-2-5-11-20(16)27-21(18-10-6-12-24-14-18)25-26-22(27)28-15-19-9-4-3-8-17(19)13-23/h2-12,14H,15H2,1H3. The molecule has 0 atom stereocenters. The van der Waals surface area contributed by atoms with Crippen molar-refractivity contribution in [3.63, 3.8) is 0 Å². The fourth-order valence-electron chi connectivity index (χ4n) is 2.97. The Labute approximate surface area is 167 Å². The van der Waals surface area contributed by atoms with Crippen LogP contribution in [-0.4, -0.2) is 19.7 Å². The Bertz CT molecular complexity index is 1150. The second-order valence-corrected chi connectivity index (χ2v) is 7.17. The molecule has 5 nitrogen and oxygen atoms in total. The van der Waals surface area contributed by atoms with E-state index in [4.69, 9.17) is 0 Å². The van der Waals surface area contributed by atoms with Gasteiger partial charge in [0.1, 0.15) is 0 Å². The first kappa shape index (κ1) is 18.0. The molecule has 0 saturated heterocycles. The maximum atomic E-state index is 9.34. The van der Waals surface area contributed by atoms with Crippen LogP contribution in [-0.2, 0) is 5.75 Å². The predicted molar refractivity (Wildman–Crippen MR) is 110 cm³/mol. The van der Waals surface area contributed by atoms with Gasteiger partial charge in [-0.3, -0.25) is 9.55 Å². The summed E-state index contributed by atoms with van der Waals surface area (Å²) in [7, 11) is 0. The fourth-order valence-corrected chi connectivity index (χ4v) is 3.92. The van der Waals surface area contributed by atoms with Gasteiger partial charge in [0, 0.05) is 23.7 Å². The molecule has 0 spiro atoms. The lowest BCUT2D eigenvalue weighted by Crippen LogP contribution is -2.02. The van der Waals surface area contributed by atoms with E-state index in [0.717, 1.165) is 33.4 Å². The molecule has 2 aromatic heterocycles. The first-order valence-corrected chi connectivity index (χ1v) is 9.79. The molecule has 2 aromatic carbocycles. The van der Waals surface area contributed by atoms with E-state index in [9.17, 15) is 5.26 Å². The Morgan fingerprint density at radius 1 is 1.00 bits per heavy atom. The molecule has 28 heavy (non-hydrogen) atoms. The first-order chi connectivity index (χ1) is 13.8. The van der Waals surface area contributed by atoms with Crippen molar-refractivity contribution < 1.29 is 0 Å². The number of pyridine rings is 1. The number of benzene rings is 2. The number of hydrogen-bond acceptors (Lipinski definition) is 5. The van der Waals surface area contributed by atoms with E-state index < -0.39 is 0 Å². The van der Waals surface area contributed by atoms with Crippen molar-refractivity contribution in [2.75, 3.05) is 0 Å². The van der Waals surface area contributed by atoms with E-state index >= 15 is 0 Å². The zero-order chi connectivity index (χ0) is 19.3. The molecule has 6 heteroatoms. The van der Waals surface area contributed by atoms with E-state index in [1.807, 2.05) is 48.5 Å². The van der Waals surface area contributed by atoms with Crippen LogP contribution < -0.4 is 0 Å². The monoisotopic (exact) mass is 383 g/mol. The van der Waals surface area contributed by atoms with Crippen LogP contribution in [0.2, 0.25) is 0 Å². The van der Waals surface area contributed by atoms with Gasteiger partial charge < -0.3 is 0 Å². The maximum absolute atomic E-state index is 9.34. The minimum atomic E-state index is 0.640. The van der Waals surface area contributed by atoms with Gasteiger partial charge in [-0.25, -0.2) is 0 Å². The van der Waals surface area contributed by atoms with Gasteiger partial charge >= 0.3 is 0 Å². The lowest BCUT2D eigenvalue weighted by atomic mass is 10.1. The van der Waals surface area contributed by atoms with Crippen LogP contribution >= 0.6 is 11.8 Å². The molecular weight excluding hydrogens is 366 g/mol. The number of para-hydroxylation sites is 1. The summed E-state index contributed by atoms with van der Waals surface area (Å²) in [4.78, 5) is 4.22. The molecule has 0 unspecified atom stereocenters. The third kappa shape index (κ3) is 3.53. The predicted octanol–water partition coefficient (Wildman–Crippen LogP) is 4.80. The summed E-state index contributed by atoms with van der Waals surface area (Å²) in [5.41, 5.74) is 4.73. The first-order valence-electron chi connectivity index (χ1n) is 8.80. The van der Waals surface area contributed by atoms with Gasteiger partial charge in [0.05, 0.1) is 17.3 Å². The van der Waals surface area contributed by atoms with Crippen LogP contribution in [0.5, 0.6) is 0 Å². The third-order valence-corrected chi connectivity index (χ3v) is 5.38. The van der Waals surface area contributed by atoms with E-state index in [-0.39, 0.29) is 0 Å². The van der Waals surface area contributed by atoms with Gasteiger partial charge in [-0.2, -0.15) is 5.26 Å². The van der Waals surface area contributed by atoms with Crippen LogP contribution in [0.4, 0.5) is 0 Å². The van der Waals surface area contributed by atoms with Crippen molar-refractivity contribution in [3.05, 3.63) is 89.7 Å². The second-order valence-electron chi connectivity index (χ2n) is 6.23. The highest BCUT2D eigenvalue weighted by atomic mass is 32.2. The summed E-state index contributed by atoms with van der Waals surface area (Å²) >= 11 is 1.57. The van der Waals surface area contributed by atoms with Crippen LogP contribution in [0.1, 0.15) is 16.7 Å². The number of aryl methyl sites for hydroxylation is 1. The Hall–Kier alpha value is -3.43. The molecular formula is C22H17N5S. The average molecular weight is 383 g/mol. The van der Waals surface area contributed by atoms with Crippen LogP contribution in [0.15, 0.2) is 78.2 Å². The normalized spacial score (nSPS) is 10.6. The van der Waals surface area contributed by atoms with Crippen molar-refractivity contribution in [2.45, 2.75) is 17.8 Å². The molecule has 0 aliphatic rings. The molecule has 0 bridgehead atoms. The van der Waals surface area contributed by atoms with E-state index in [1.54, 1.807) is 24.2 Å². The van der Waals surface area contributed by atoms with Gasteiger partial charge in [-0.15, -0.1) is 10.2 Å². The summed E-state index contributed by atoms with van der Waals surface area (Å²) in [6.07, 6.45) is 3.53. The van der Waals surface area contributed by atoms with E-state index in [1.165, 1.54) is 0 Å². The minimum Gasteiger partial charge on any atom is -0.270 e. The third-order valence-electron chi connectivity index (χ3n) is 4.40. The summed E-state index contributed by atoms with van der Waals surface area (Å²) in [5, 5.41) is 19.0. The maximum Gasteiger partial charge on any atom is 0.196 e. The zero-order valence-corrected chi connectivity index (χ0v) is 16.1. The zero-order valence-electron chi connectivity index (χ0n) is 15.3. The van der Waals surface area contributed by atoms with E-state index in [2.05, 4.69) is 44.9 Å². The molecule has 2 heterocycles. The molecule has 4 rings (SSSR count). The highest BCUT2D eigenvalue weighted by molar-refractivity contribution is 7.98. The van der Waals surface area contributed by atoms with Crippen molar-refractivity contribution in [3.8, 4) is 23.1 Å². The van der Waals surface area contributed by atoms with Crippen LogP contribution in [0.25, 0.3) is 17.1 Å². The Morgan fingerprint density at radius 2 is 1.82 bits per heavy atom. The smallest absolute Gasteiger partial charge is 0.196 e. The van der Waals surface area contributed by atoms with Gasteiger partial charge in [0.15, 0.2) is 11.0 Å². The van der Waals surface area contributed by atoms with Crippen molar-refractivity contribution in [1.29, 1.82) is 5.26 Å². The summed E-state index contributed by atoms with van der Waals surface area (Å²) < 4.78 is 2.06. The van der Waals surface area contributed by atoms with Crippen LogP contribution in [0, 0.1) is 18.3 Å². The highest BCUT2D eigenvalue weighted by Gasteiger charge is 2.18. The van der Waals surface area contributed by atoms with Crippen LogP contribution in [0.3, 0.4) is 0 Å². The Balaban J connectivity index is 1.77. The molecule has 0 aliphatic carbocycles. The molecule has 136 valence electrons. The van der Waals surface area contributed by atoms with Gasteiger partial charge in [0.2, 0.25) is 0 Å². The lowest BCUT2D eigenvalue weighted by Gasteiger charge is -2.13. The summed E-state index contributed by atoms with van der Waals surface area (Å²) in [6, 6.07) is 21.9. The van der Waals surface area contributed by atoms with Crippen molar-refractivity contribution in [1.82, 2.24) is 19.7 Å². The second kappa shape index (κ2) is 8.07. The molecule has 0 amide bonds. The number of rotatable bonds is 5. The molecule has 0 aliphatic heterocycles.